The third-order valence-corrected chi connectivity index (χ3v) is 4.70. The van der Waals surface area contributed by atoms with Gasteiger partial charge >= 0.3 is 0 Å². The van der Waals surface area contributed by atoms with Gasteiger partial charge < -0.3 is 5.32 Å². The van der Waals surface area contributed by atoms with E-state index in [-0.39, 0.29) is 0 Å². The van der Waals surface area contributed by atoms with Gasteiger partial charge in [0.2, 0.25) is 0 Å². The highest BCUT2D eigenvalue weighted by Gasteiger charge is 2.02. The van der Waals surface area contributed by atoms with E-state index in [1.54, 1.807) is 0 Å². The highest BCUT2D eigenvalue weighted by atomic mass is 79.9. The van der Waals surface area contributed by atoms with E-state index in [0.29, 0.717) is 0 Å². The molecular formula is C12H20BrNS. The van der Waals surface area contributed by atoms with Crippen LogP contribution in [-0.2, 0) is 6.42 Å². The molecule has 1 heterocycles. The second-order valence-corrected chi connectivity index (χ2v) is 6.39. The van der Waals surface area contributed by atoms with Crippen molar-refractivity contribution >= 4 is 27.3 Å². The molecule has 0 atom stereocenters. The summed E-state index contributed by atoms with van der Waals surface area (Å²) >= 11 is 5.46. The van der Waals surface area contributed by atoms with Gasteiger partial charge in [0.1, 0.15) is 0 Å². The van der Waals surface area contributed by atoms with Crippen molar-refractivity contribution in [2.45, 2.75) is 39.0 Å². The topological polar surface area (TPSA) is 12.0 Å². The Morgan fingerprint density at radius 1 is 1.27 bits per heavy atom. The van der Waals surface area contributed by atoms with E-state index < -0.39 is 0 Å². The third-order valence-electron chi connectivity index (χ3n) is 2.51. The number of halogens is 1. The van der Waals surface area contributed by atoms with Gasteiger partial charge in [-0.15, -0.1) is 11.3 Å². The molecule has 0 saturated carbocycles. The van der Waals surface area contributed by atoms with Crippen molar-refractivity contribution in [2.75, 3.05) is 13.6 Å². The lowest BCUT2D eigenvalue weighted by atomic mass is 10.1. The highest BCUT2D eigenvalue weighted by Crippen LogP contribution is 2.28. The van der Waals surface area contributed by atoms with Gasteiger partial charge in [-0.05, 0) is 67.3 Å². The van der Waals surface area contributed by atoms with Crippen LogP contribution in [0.4, 0.5) is 0 Å². The molecule has 1 aromatic heterocycles. The molecule has 0 aliphatic rings. The Hall–Kier alpha value is 0.140. The van der Waals surface area contributed by atoms with Gasteiger partial charge in [0, 0.05) is 4.88 Å². The molecule has 0 aliphatic heterocycles. The van der Waals surface area contributed by atoms with Crippen LogP contribution in [0.3, 0.4) is 0 Å². The van der Waals surface area contributed by atoms with Crippen LogP contribution in [0, 0.1) is 6.92 Å². The number of rotatable bonds is 7. The second kappa shape index (κ2) is 7.42. The first kappa shape index (κ1) is 13.2. The number of hydrogen-bond donors (Lipinski definition) is 1. The Bertz CT molecular complexity index is 264. The van der Waals surface area contributed by atoms with Crippen molar-refractivity contribution in [3.05, 3.63) is 20.3 Å². The second-order valence-electron chi connectivity index (χ2n) is 3.94. The first-order valence-electron chi connectivity index (χ1n) is 5.63. The monoisotopic (exact) mass is 289 g/mol. The summed E-state index contributed by atoms with van der Waals surface area (Å²) in [6.07, 6.45) is 6.60. The van der Waals surface area contributed by atoms with Crippen LogP contribution in [0.15, 0.2) is 9.85 Å². The molecular weight excluding hydrogens is 270 g/mol. The van der Waals surface area contributed by atoms with Gasteiger partial charge in [-0.25, -0.2) is 0 Å². The molecule has 15 heavy (non-hydrogen) atoms. The maximum atomic E-state index is 3.57. The zero-order valence-electron chi connectivity index (χ0n) is 9.61. The van der Waals surface area contributed by atoms with E-state index in [0.717, 1.165) is 6.54 Å². The summed E-state index contributed by atoms with van der Waals surface area (Å²) in [6.45, 7) is 3.32. The molecule has 0 unspecified atom stereocenters. The van der Waals surface area contributed by atoms with Crippen molar-refractivity contribution in [1.82, 2.24) is 5.32 Å². The summed E-state index contributed by atoms with van der Waals surface area (Å²) in [6, 6.07) is 2.31. The van der Waals surface area contributed by atoms with Gasteiger partial charge in [-0.3, -0.25) is 0 Å². The minimum atomic E-state index is 1.16. The quantitative estimate of drug-likeness (QED) is 0.744. The first-order valence-corrected chi connectivity index (χ1v) is 7.24. The largest absolute Gasteiger partial charge is 0.320 e. The standard InChI is InChI=1S/C12H20BrNS/c1-10-9-11(15-12(10)13)7-5-3-4-6-8-14-2/h9,14H,3-8H2,1-2H3. The summed E-state index contributed by atoms with van der Waals surface area (Å²) in [5.74, 6) is 0. The third kappa shape index (κ3) is 5.14. The first-order chi connectivity index (χ1) is 7.24. The molecule has 1 nitrogen and oxygen atoms in total. The van der Waals surface area contributed by atoms with E-state index in [1.165, 1.54) is 46.3 Å². The lowest BCUT2D eigenvalue weighted by molar-refractivity contribution is 0.618. The van der Waals surface area contributed by atoms with Gasteiger partial charge in [0.15, 0.2) is 0 Å². The van der Waals surface area contributed by atoms with Crippen LogP contribution in [0.25, 0.3) is 0 Å². The Balaban J connectivity index is 2.10. The Morgan fingerprint density at radius 3 is 2.60 bits per heavy atom. The van der Waals surface area contributed by atoms with E-state index >= 15 is 0 Å². The Labute approximate surface area is 105 Å². The fourth-order valence-corrected chi connectivity index (χ4v) is 3.27. The number of nitrogens with one attached hydrogen (secondary N) is 1. The van der Waals surface area contributed by atoms with E-state index in [1.807, 2.05) is 18.4 Å². The zero-order valence-corrected chi connectivity index (χ0v) is 12.0. The fourth-order valence-electron chi connectivity index (χ4n) is 1.60. The number of unbranched alkanes of at least 4 members (excludes halogenated alkanes) is 3. The van der Waals surface area contributed by atoms with E-state index in [2.05, 4.69) is 34.2 Å². The van der Waals surface area contributed by atoms with Crippen molar-refractivity contribution in [1.29, 1.82) is 0 Å². The van der Waals surface area contributed by atoms with Crippen LogP contribution in [0.1, 0.15) is 36.1 Å². The SMILES string of the molecule is CNCCCCCCc1cc(C)c(Br)s1. The van der Waals surface area contributed by atoms with Gasteiger partial charge in [-0.1, -0.05) is 12.8 Å². The molecule has 1 N–H and O–H groups in total. The minimum Gasteiger partial charge on any atom is -0.320 e. The molecule has 0 radical (unpaired) electrons. The van der Waals surface area contributed by atoms with Crippen molar-refractivity contribution in [2.24, 2.45) is 0 Å². The lowest BCUT2D eigenvalue weighted by Crippen LogP contribution is -2.06. The summed E-state index contributed by atoms with van der Waals surface area (Å²) in [5, 5.41) is 3.18. The normalized spacial score (nSPS) is 10.9. The maximum Gasteiger partial charge on any atom is 0.0730 e. The van der Waals surface area contributed by atoms with Crippen LogP contribution < -0.4 is 5.32 Å². The molecule has 0 amide bonds. The van der Waals surface area contributed by atoms with Gasteiger partial charge in [-0.2, -0.15) is 0 Å². The summed E-state index contributed by atoms with van der Waals surface area (Å²) < 4.78 is 1.30. The zero-order chi connectivity index (χ0) is 11.1. The lowest BCUT2D eigenvalue weighted by Gasteiger charge is -1.99. The van der Waals surface area contributed by atoms with E-state index in [4.69, 9.17) is 0 Å². The minimum absolute atomic E-state index is 1.16. The number of hydrogen-bond acceptors (Lipinski definition) is 2. The summed E-state index contributed by atoms with van der Waals surface area (Å²) in [5.41, 5.74) is 1.38. The average Bonchev–Trinajstić information content (AvgIpc) is 2.52. The maximum absolute atomic E-state index is 3.57. The molecule has 86 valence electrons. The van der Waals surface area contributed by atoms with Crippen molar-refractivity contribution in [3.63, 3.8) is 0 Å². The van der Waals surface area contributed by atoms with Crippen LogP contribution in [0.5, 0.6) is 0 Å². The molecule has 3 heteroatoms. The highest BCUT2D eigenvalue weighted by molar-refractivity contribution is 9.11. The predicted octanol–water partition coefficient (Wildman–Crippen LogP) is 4.14. The van der Waals surface area contributed by atoms with Crippen LogP contribution in [0.2, 0.25) is 0 Å². The Kier molecular flexibility index (Phi) is 6.53. The molecule has 0 saturated heterocycles. The number of thiophene rings is 1. The summed E-state index contributed by atoms with van der Waals surface area (Å²) in [4.78, 5) is 1.52. The van der Waals surface area contributed by atoms with Gasteiger partial charge in [0.25, 0.3) is 0 Å². The average molecular weight is 290 g/mol. The predicted molar refractivity (Wildman–Crippen MR) is 72.9 cm³/mol. The molecule has 0 spiro atoms. The van der Waals surface area contributed by atoms with Crippen LogP contribution >= 0.6 is 27.3 Å². The molecule has 0 bridgehead atoms. The Morgan fingerprint density at radius 2 is 2.00 bits per heavy atom. The van der Waals surface area contributed by atoms with Crippen molar-refractivity contribution in [3.8, 4) is 0 Å². The molecule has 1 aromatic rings. The smallest absolute Gasteiger partial charge is 0.0730 e. The van der Waals surface area contributed by atoms with E-state index in [9.17, 15) is 0 Å². The molecule has 0 aromatic carbocycles. The van der Waals surface area contributed by atoms with Crippen LogP contribution in [-0.4, -0.2) is 13.6 Å². The fraction of sp³-hybridized carbons (Fsp3) is 0.667. The summed E-state index contributed by atoms with van der Waals surface area (Å²) in [7, 11) is 2.02. The number of aryl methyl sites for hydroxylation is 2. The molecule has 0 fully saturated rings. The molecule has 0 aliphatic carbocycles. The van der Waals surface area contributed by atoms with Gasteiger partial charge in [0.05, 0.1) is 3.79 Å². The van der Waals surface area contributed by atoms with Crippen molar-refractivity contribution < 1.29 is 0 Å². The molecule has 1 rings (SSSR count).